The molecule has 1 amide bonds. The minimum Gasteiger partial charge on any atom is -0.462 e. The number of hydrogen-bond donors (Lipinski definition) is 1. The average molecular weight is 405 g/mol. The first-order valence-electron chi connectivity index (χ1n) is 9.75. The van der Waals surface area contributed by atoms with Crippen molar-refractivity contribution < 1.29 is 14.3 Å². The van der Waals surface area contributed by atoms with Crippen molar-refractivity contribution in [3.8, 4) is 11.4 Å². The van der Waals surface area contributed by atoms with Gasteiger partial charge in [0.1, 0.15) is 12.4 Å². The fraction of sp³-hybridized carbons (Fsp3) is 0.217. The number of ether oxygens (including phenoxy) is 1. The Kier molecular flexibility index (Phi) is 6.75. The van der Waals surface area contributed by atoms with E-state index < -0.39 is 11.9 Å². The van der Waals surface area contributed by atoms with Gasteiger partial charge in [-0.25, -0.2) is 9.78 Å². The molecule has 0 bridgehead atoms. The molecule has 0 saturated heterocycles. The molecule has 0 radical (unpaired) electrons. The molecule has 2 aromatic carbocycles. The van der Waals surface area contributed by atoms with E-state index in [9.17, 15) is 14.4 Å². The zero-order chi connectivity index (χ0) is 21.5. The fourth-order valence-electron chi connectivity index (χ4n) is 3.01. The van der Waals surface area contributed by atoms with Gasteiger partial charge in [0.15, 0.2) is 0 Å². The molecule has 154 valence electrons. The van der Waals surface area contributed by atoms with Crippen molar-refractivity contribution in [1.82, 2.24) is 9.55 Å². The number of nitrogens with zero attached hydrogens (tertiary/aromatic N) is 2. The van der Waals surface area contributed by atoms with Crippen LogP contribution in [0.1, 0.15) is 29.9 Å². The second-order valence-electron chi connectivity index (χ2n) is 6.53. The topological polar surface area (TPSA) is 90.3 Å². The Labute approximate surface area is 174 Å². The number of esters is 1. The maximum atomic E-state index is 12.8. The third kappa shape index (κ3) is 4.81. The Morgan fingerprint density at radius 1 is 1.03 bits per heavy atom. The SMILES string of the molecule is CCOC(=O)c1ccccc1NC(=O)Cn1c(-c2ccccc2)nc(CC)cc1=O. The van der Waals surface area contributed by atoms with Gasteiger partial charge in [0, 0.05) is 17.3 Å². The van der Waals surface area contributed by atoms with Crippen molar-refractivity contribution in [2.75, 3.05) is 11.9 Å². The van der Waals surface area contributed by atoms with Gasteiger partial charge in [-0.05, 0) is 25.5 Å². The summed E-state index contributed by atoms with van der Waals surface area (Å²) in [6, 6.07) is 17.3. The normalized spacial score (nSPS) is 10.5. The van der Waals surface area contributed by atoms with Crippen molar-refractivity contribution >= 4 is 17.6 Å². The van der Waals surface area contributed by atoms with Gasteiger partial charge >= 0.3 is 5.97 Å². The number of aromatic nitrogens is 2. The molecule has 1 aromatic heterocycles. The molecule has 7 nitrogen and oxygen atoms in total. The number of amides is 1. The number of para-hydroxylation sites is 1. The lowest BCUT2D eigenvalue weighted by molar-refractivity contribution is -0.116. The van der Waals surface area contributed by atoms with E-state index in [0.717, 1.165) is 5.56 Å². The number of rotatable bonds is 7. The molecule has 0 aliphatic carbocycles. The lowest BCUT2D eigenvalue weighted by Gasteiger charge is -2.14. The van der Waals surface area contributed by atoms with Crippen molar-refractivity contribution in [3.05, 3.63) is 82.3 Å². The van der Waals surface area contributed by atoms with Crippen LogP contribution in [0.15, 0.2) is 65.5 Å². The van der Waals surface area contributed by atoms with E-state index in [1.54, 1.807) is 31.2 Å². The number of anilines is 1. The lowest BCUT2D eigenvalue weighted by Crippen LogP contribution is -2.30. The molecular formula is C23H23N3O4. The van der Waals surface area contributed by atoms with Gasteiger partial charge in [0.25, 0.3) is 5.56 Å². The molecule has 0 atom stereocenters. The summed E-state index contributed by atoms with van der Waals surface area (Å²) < 4.78 is 6.36. The van der Waals surface area contributed by atoms with Crippen molar-refractivity contribution in [1.29, 1.82) is 0 Å². The number of nitrogens with one attached hydrogen (secondary N) is 1. The summed E-state index contributed by atoms with van der Waals surface area (Å²) in [6.07, 6.45) is 0.606. The average Bonchev–Trinajstić information content (AvgIpc) is 2.76. The van der Waals surface area contributed by atoms with Gasteiger partial charge in [0.05, 0.1) is 17.9 Å². The van der Waals surface area contributed by atoms with Crippen molar-refractivity contribution in [2.24, 2.45) is 0 Å². The first-order chi connectivity index (χ1) is 14.5. The summed E-state index contributed by atoms with van der Waals surface area (Å²) in [6.45, 7) is 3.62. The van der Waals surface area contributed by atoms with Gasteiger partial charge in [0.2, 0.25) is 5.91 Å². The van der Waals surface area contributed by atoms with E-state index in [4.69, 9.17) is 4.74 Å². The van der Waals surface area contributed by atoms with Crippen LogP contribution in [0.2, 0.25) is 0 Å². The second kappa shape index (κ2) is 9.65. The number of aryl methyl sites for hydroxylation is 1. The van der Waals surface area contributed by atoms with Gasteiger partial charge in [-0.3, -0.25) is 14.2 Å². The third-order valence-corrected chi connectivity index (χ3v) is 4.45. The van der Waals surface area contributed by atoms with Gasteiger partial charge in [-0.15, -0.1) is 0 Å². The highest BCUT2D eigenvalue weighted by atomic mass is 16.5. The molecule has 0 aliphatic heterocycles. The van der Waals surface area contributed by atoms with Gasteiger partial charge < -0.3 is 10.1 Å². The van der Waals surface area contributed by atoms with E-state index in [1.165, 1.54) is 10.6 Å². The quantitative estimate of drug-likeness (QED) is 0.609. The number of carbonyl (C=O) groups excluding carboxylic acids is 2. The zero-order valence-corrected chi connectivity index (χ0v) is 16.9. The summed E-state index contributed by atoms with van der Waals surface area (Å²) in [5.74, 6) is -0.546. The highest BCUT2D eigenvalue weighted by Gasteiger charge is 2.17. The minimum atomic E-state index is -0.524. The molecule has 0 fully saturated rings. The second-order valence-corrected chi connectivity index (χ2v) is 6.53. The van der Waals surface area contributed by atoms with Crippen molar-refractivity contribution in [2.45, 2.75) is 26.8 Å². The lowest BCUT2D eigenvalue weighted by atomic mass is 10.1. The maximum Gasteiger partial charge on any atom is 0.340 e. The van der Waals surface area contributed by atoms with Crippen LogP contribution in [0.3, 0.4) is 0 Å². The van der Waals surface area contributed by atoms with E-state index >= 15 is 0 Å². The molecule has 3 aromatic rings. The smallest absolute Gasteiger partial charge is 0.340 e. The van der Waals surface area contributed by atoms with Gasteiger partial charge in [-0.2, -0.15) is 0 Å². The number of hydrogen-bond acceptors (Lipinski definition) is 5. The van der Waals surface area contributed by atoms with Crippen LogP contribution in [0, 0.1) is 0 Å². The Hall–Kier alpha value is -3.74. The van der Waals surface area contributed by atoms with Gasteiger partial charge in [-0.1, -0.05) is 49.4 Å². The predicted octanol–water partition coefficient (Wildman–Crippen LogP) is 3.29. The molecule has 0 spiro atoms. The summed E-state index contributed by atoms with van der Waals surface area (Å²) in [4.78, 5) is 42.2. The predicted molar refractivity (Wildman–Crippen MR) is 114 cm³/mol. The number of carbonyl (C=O) groups is 2. The molecule has 1 N–H and O–H groups in total. The zero-order valence-electron chi connectivity index (χ0n) is 16.9. The molecule has 7 heteroatoms. The Morgan fingerprint density at radius 3 is 2.43 bits per heavy atom. The monoisotopic (exact) mass is 405 g/mol. The van der Waals surface area contributed by atoms with Crippen molar-refractivity contribution in [3.63, 3.8) is 0 Å². The summed E-state index contributed by atoms with van der Waals surface area (Å²) in [5, 5.41) is 2.71. The van der Waals surface area contributed by atoms with Crippen LogP contribution in [0.25, 0.3) is 11.4 Å². The van der Waals surface area contributed by atoms with E-state index in [0.29, 0.717) is 23.6 Å². The Bertz CT molecular complexity index is 1110. The van der Waals surface area contributed by atoms with Crippen LogP contribution in [-0.4, -0.2) is 28.0 Å². The molecule has 0 saturated carbocycles. The molecule has 30 heavy (non-hydrogen) atoms. The molecule has 3 rings (SSSR count). The Balaban J connectivity index is 1.92. The van der Waals surface area contributed by atoms with E-state index in [-0.39, 0.29) is 24.3 Å². The maximum absolute atomic E-state index is 12.8. The molecule has 1 heterocycles. The highest BCUT2D eigenvalue weighted by molar-refractivity contribution is 6.01. The standard InChI is InChI=1S/C23H23N3O4/c1-3-17-14-21(28)26(22(24-17)16-10-6-5-7-11-16)15-20(27)25-19-13-9-8-12-18(19)23(29)30-4-2/h5-14H,3-4,15H2,1-2H3,(H,25,27). The van der Waals surface area contributed by atoms with E-state index in [1.807, 2.05) is 37.3 Å². The largest absolute Gasteiger partial charge is 0.462 e. The molecule has 0 unspecified atom stereocenters. The summed E-state index contributed by atoms with van der Waals surface area (Å²) in [5.41, 5.74) is 1.67. The summed E-state index contributed by atoms with van der Waals surface area (Å²) in [7, 11) is 0. The molecule has 0 aliphatic rings. The molecular weight excluding hydrogens is 382 g/mol. The van der Waals surface area contributed by atoms with Crippen LogP contribution in [0.5, 0.6) is 0 Å². The van der Waals surface area contributed by atoms with Crippen LogP contribution >= 0.6 is 0 Å². The first-order valence-corrected chi connectivity index (χ1v) is 9.75. The third-order valence-electron chi connectivity index (χ3n) is 4.45. The van der Waals surface area contributed by atoms with Crippen LogP contribution in [0.4, 0.5) is 5.69 Å². The van der Waals surface area contributed by atoms with E-state index in [2.05, 4.69) is 10.3 Å². The Morgan fingerprint density at radius 2 is 1.73 bits per heavy atom. The fourth-order valence-corrected chi connectivity index (χ4v) is 3.01. The van der Waals surface area contributed by atoms with Crippen LogP contribution in [-0.2, 0) is 22.5 Å². The summed E-state index contributed by atoms with van der Waals surface area (Å²) >= 11 is 0. The highest BCUT2D eigenvalue weighted by Crippen LogP contribution is 2.18. The minimum absolute atomic E-state index is 0.229. The van der Waals surface area contributed by atoms with Crippen LogP contribution < -0.4 is 10.9 Å². The number of benzene rings is 2. The first kappa shape index (κ1) is 21.0.